The molecule has 8 nitrogen and oxygen atoms in total. The molecule has 0 fully saturated rings. The third-order valence-corrected chi connectivity index (χ3v) is 9.67. The number of amides is 1. The molecule has 4 aromatic carbocycles. The number of fused-ring (bicyclic) bond motifs is 2. The second kappa shape index (κ2) is 13.0. The zero-order chi connectivity index (χ0) is 34.3. The third kappa shape index (κ3) is 6.50. The molecule has 1 aromatic heterocycles. The van der Waals surface area contributed by atoms with Crippen LogP contribution in [-0.4, -0.2) is 44.6 Å². The van der Waals surface area contributed by atoms with Gasteiger partial charge in [-0.25, -0.2) is 21.6 Å². The van der Waals surface area contributed by atoms with Crippen LogP contribution in [0.3, 0.4) is 0 Å². The van der Waals surface area contributed by atoms with Crippen molar-refractivity contribution >= 4 is 44.1 Å². The minimum atomic E-state index is -3.87. The van der Waals surface area contributed by atoms with Crippen LogP contribution in [-0.2, 0) is 36.1 Å². The van der Waals surface area contributed by atoms with E-state index in [-0.39, 0.29) is 59.2 Å². The van der Waals surface area contributed by atoms with Gasteiger partial charge in [-0.05, 0) is 58.7 Å². The van der Waals surface area contributed by atoms with Gasteiger partial charge in [-0.15, -0.1) is 0 Å². The van der Waals surface area contributed by atoms with Gasteiger partial charge in [0.2, 0.25) is 10.0 Å². The van der Waals surface area contributed by atoms with Crippen LogP contribution in [0.4, 0.5) is 18.9 Å². The van der Waals surface area contributed by atoms with Crippen LogP contribution in [0, 0.1) is 17.5 Å². The van der Waals surface area contributed by atoms with E-state index in [1.54, 1.807) is 37.4 Å². The van der Waals surface area contributed by atoms with E-state index in [2.05, 4.69) is 4.98 Å². The third-order valence-electron chi connectivity index (χ3n) is 8.20. The summed E-state index contributed by atoms with van der Waals surface area (Å²) in [4.78, 5) is 20.3. The summed E-state index contributed by atoms with van der Waals surface area (Å²) in [5, 5.41) is 0.0957. The van der Waals surface area contributed by atoms with E-state index in [4.69, 9.17) is 21.1 Å². The molecule has 5 aromatic rings. The summed E-state index contributed by atoms with van der Waals surface area (Å²) in [5.74, 6) is -1.73. The highest BCUT2D eigenvalue weighted by molar-refractivity contribution is 7.92. The highest BCUT2D eigenvalue weighted by Crippen LogP contribution is 2.46. The fourth-order valence-electron chi connectivity index (χ4n) is 5.70. The predicted octanol–water partition coefficient (Wildman–Crippen LogP) is 7.04. The number of hydrogen-bond acceptors (Lipinski definition) is 6. The number of pyridine rings is 1. The predicted molar refractivity (Wildman–Crippen MR) is 176 cm³/mol. The lowest BCUT2D eigenvalue weighted by Crippen LogP contribution is -2.26. The largest absolute Gasteiger partial charge is 0.497 e. The fourth-order valence-corrected chi connectivity index (χ4v) is 6.43. The molecule has 13 heteroatoms. The van der Waals surface area contributed by atoms with Crippen molar-refractivity contribution in [1.29, 1.82) is 0 Å². The Hall–Kier alpha value is -4.81. The molecule has 0 spiro atoms. The minimum absolute atomic E-state index is 0.0159. The molecule has 0 atom stereocenters. The van der Waals surface area contributed by atoms with Crippen molar-refractivity contribution < 1.29 is 35.9 Å². The van der Waals surface area contributed by atoms with E-state index in [0.717, 1.165) is 16.1 Å². The molecule has 2 heterocycles. The van der Waals surface area contributed by atoms with E-state index in [1.165, 1.54) is 36.3 Å². The van der Waals surface area contributed by atoms with Crippen LogP contribution in [0.15, 0.2) is 72.9 Å². The summed E-state index contributed by atoms with van der Waals surface area (Å²) < 4.78 is 81.0. The van der Waals surface area contributed by atoms with Crippen LogP contribution < -0.4 is 13.8 Å². The van der Waals surface area contributed by atoms with Gasteiger partial charge in [0.25, 0.3) is 5.91 Å². The van der Waals surface area contributed by atoms with Crippen LogP contribution >= 0.6 is 11.6 Å². The van der Waals surface area contributed by atoms with Crippen molar-refractivity contribution in [3.8, 4) is 11.5 Å². The second-order valence-corrected chi connectivity index (χ2v) is 13.9. The van der Waals surface area contributed by atoms with Gasteiger partial charge in [-0.1, -0.05) is 35.9 Å². The molecular formula is C35H29ClF3N3O5S. The number of methoxy groups -OCH3 is 1. The van der Waals surface area contributed by atoms with Crippen molar-refractivity contribution in [3.05, 3.63) is 129 Å². The number of rotatable bonds is 10. The topological polar surface area (TPSA) is 89.0 Å². The first kappa shape index (κ1) is 33.1. The first-order valence-electron chi connectivity index (χ1n) is 14.7. The summed E-state index contributed by atoms with van der Waals surface area (Å²) in [6.07, 6.45) is 2.47. The number of sulfonamides is 1. The maximum absolute atomic E-state index is 14.7. The number of nitrogens with zero attached hydrogens (tertiary/aromatic N) is 3. The molecule has 0 saturated carbocycles. The number of aromatic nitrogens is 1. The van der Waals surface area contributed by atoms with E-state index in [9.17, 15) is 26.4 Å². The molecule has 1 aliphatic rings. The molecule has 0 N–H and O–H groups in total. The zero-order valence-electron chi connectivity index (χ0n) is 26.1. The quantitative estimate of drug-likeness (QED) is 0.146. The van der Waals surface area contributed by atoms with Gasteiger partial charge in [0.15, 0.2) is 5.75 Å². The molecule has 248 valence electrons. The lowest BCUT2D eigenvalue weighted by Gasteiger charge is -2.24. The van der Waals surface area contributed by atoms with Crippen molar-refractivity contribution in [2.24, 2.45) is 0 Å². The number of carbonyl (C=O) groups excluding carboxylic acids is 1. The standard InChI is InChI=1S/C35H29ClF3N3O5S/c1-41(48(3,44)45)33-26-13-22(12-23-14-28(36)30(39)15-29(23)38)16-40-32(26)34(47-19-21-6-10-25(46-2)11-7-21)31-27(33)18-42(35(31)43)17-20-4-8-24(37)9-5-20/h4-11,13-16H,12,17-19H2,1-3H3. The average molecular weight is 696 g/mol. The molecule has 0 saturated heterocycles. The Morgan fingerprint density at radius 3 is 2.31 bits per heavy atom. The molecule has 0 unspecified atom stereocenters. The maximum atomic E-state index is 14.7. The molecule has 0 bridgehead atoms. The molecule has 6 rings (SSSR count). The highest BCUT2D eigenvalue weighted by atomic mass is 35.5. The Labute approximate surface area is 280 Å². The highest BCUT2D eigenvalue weighted by Gasteiger charge is 2.38. The fraction of sp³-hybridized carbons (Fsp3) is 0.200. The van der Waals surface area contributed by atoms with Gasteiger partial charge in [0.05, 0.1) is 29.6 Å². The molecule has 0 aliphatic carbocycles. The molecule has 1 amide bonds. The first-order chi connectivity index (χ1) is 22.8. The Balaban J connectivity index is 1.52. The first-order valence-corrected chi connectivity index (χ1v) is 16.9. The van der Waals surface area contributed by atoms with Crippen LogP contribution in [0.1, 0.15) is 38.2 Å². The second-order valence-electron chi connectivity index (χ2n) is 11.5. The van der Waals surface area contributed by atoms with Gasteiger partial charge in [0.1, 0.15) is 35.3 Å². The van der Waals surface area contributed by atoms with Gasteiger partial charge in [-0.3, -0.25) is 14.1 Å². The van der Waals surface area contributed by atoms with Crippen molar-refractivity contribution in [3.63, 3.8) is 0 Å². The van der Waals surface area contributed by atoms with E-state index in [0.29, 0.717) is 33.9 Å². The number of anilines is 1. The van der Waals surface area contributed by atoms with E-state index >= 15 is 0 Å². The zero-order valence-corrected chi connectivity index (χ0v) is 27.6. The monoisotopic (exact) mass is 695 g/mol. The van der Waals surface area contributed by atoms with Crippen LogP contribution in [0.5, 0.6) is 11.5 Å². The van der Waals surface area contributed by atoms with Gasteiger partial charge in [-0.2, -0.15) is 0 Å². The molecular weight excluding hydrogens is 667 g/mol. The number of carbonyl (C=O) groups is 1. The SMILES string of the molecule is COc1ccc(COc2c3c(c(N(C)S(C)(=O)=O)c4cc(Cc5cc(Cl)c(F)cc5F)cnc24)CN(Cc2ccc(F)cc2)C3=O)cc1. The average Bonchev–Trinajstić information content (AvgIpc) is 3.37. The van der Waals surface area contributed by atoms with Crippen molar-refractivity contribution in [2.75, 3.05) is 24.7 Å². The summed E-state index contributed by atoms with van der Waals surface area (Å²) in [6, 6.07) is 16.4. The summed E-state index contributed by atoms with van der Waals surface area (Å²) in [7, 11) is -0.939. The Kier molecular flexibility index (Phi) is 8.97. The van der Waals surface area contributed by atoms with Gasteiger partial charge >= 0.3 is 0 Å². The lowest BCUT2D eigenvalue weighted by atomic mass is 9.98. The number of benzene rings is 4. The summed E-state index contributed by atoms with van der Waals surface area (Å²) in [5.41, 5.74) is 2.99. The molecule has 1 aliphatic heterocycles. The maximum Gasteiger partial charge on any atom is 0.258 e. The Morgan fingerprint density at radius 1 is 0.958 bits per heavy atom. The summed E-state index contributed by atoms with van der Waals surface area (Å²) >= 11 is 5.93. The van der Waals surface area contributed by atoms with E-state index in [1.807, 2.05) is 12.1 Å². The van der Waals surface area contributed by atoms with Crippen LogP contribution in [0.2, 0.25) is 5.02 Å². The number of halogens is 4. The Morgan fingerprint density at radius 2 is 1.65 bits per heavy atom. The number of hydrogen-bond donors (Lipinski definition) is 0. The molecule has 0 radical (unpaired) electrons. The minimum Gasteiger partial charge on any atom is -0.497 e. The summed E-state index contributed by atoms with van der Waals surface area (Å²) in [6.45, 7) is 0.177. The van der Waals surface area contributed by atoms with Gasteiger partial charge < -0.3 is 14.4 Å². The normalized spacial score (nSPS) is 12.8. The molecule has 48 heavy (non-hydrogen) atoms. The van der Waals surface area contributed by atoms with Gasteiger partial charge in [0, 0.05) is 49.8 Å². The van der Waals surface area contributed by atoms with Crippen molar-refractivity contribution in [2.45, 2.75) is 26.1 Å². The lowest BCUT2D eigenvalue weighted by molar-refractivity contribution is 0.0763. The van der Waals surface area contributed by atoms with Crippen molar-refractivity contribution in [1.82, 2.24) is 9.88 Å². The van der Waals surface area contributed by atoms with Crippen LogP contribution in [0.25, 0.3) is 10.9 Å². The number of ether oxygens (including phenoxy) is 2. The Bertz CT molecular complexity index is 2160. The van der Waals surface area contributed by atoms with E-state index < -0.39 is 33.4 Å². The smallest absolute Gasteiger partial charge is 0.258 e.